The number of hydrogen-bond acceptors (Lipinski definition) is 4. The Balaban J connectivity index is 2.03. The predicted octanol–water partition coefficient (Wildman–Crippen LogP) is 5.93. The summed E-state index contributed by atoms with van der Waals surface area (Å²) in [5, 5.41) is 0. The molecule has 0 bridgehead atoms. The molecule has 1 aliphatic rings. The van der Waals surface area contributed by atoms with Gasteiger partial charge in [0.25, 0.3) is 0 Å². The van der Waals surface area contributed by atoms with Crippen molar-refractivity contribution >= 4 is 16.0 Å². The Kier molecular flexibility index (Phi) is 6.55. The molecule has 1 aliphatic heterocycles. The van der Waals surface area contributed by atoms with E-state index < -0.39 is 57.7 Å². The van der Waals surface area contributed by atoms with Crippen LogP contribution in [0, 0.1) is 23.3 Å². The summed E-state index contributed by atoms with van der Waals surface area (Å²) in [6.45, 7) is 1.98. The zero-order chi connectivity index (χ0) is 29.6. The minimum atomic E-state index is -5.39. The second-order valence-electron chi connectivity index (χ2n) is 9.47. The van der Waals surface area contributed by atoms with E-state index in [1.54, 1.807) is 25.5 Å². The van der Waals surface area contributed by atoms with Gasteiger partial charge < -0.3 is 9.64 Å². The number of benzene rings is 2. The topological polar surface area (TPSA) is 82.5 Å². The largest absolute Gasteiger partial charge is 0.492 e. The molecule has 0 spiro atoms. The Labute approximate surface area is 211 Å². The number of hydrogen-bond donors (Lipinski definition) is 2. The van der Waals surface area contributed by atoms with Crippen molar-refractivity contribution in [2.75, 3.05) is 6.54 Å². The van der Waals surface area contributed by atoms with Gasteiger partial charge in [-0.3, -0.25) is 0 Å². The molecule has 2 aromatic rings. The first-order valence-electron chi connectivity index (χ1n) is 12.4. The van der Waals surface area contributed by atoms with Crippen molar-refractivity contribution in [3.05, 3.63) is 59.2 Å². The molecule has 6 nitrogen and oxygen atoms in total. The van der Waals surface area contributed by atoms with Crippen LogP contribution in [0.25, 0.3) is 11.1 Å². The van der Waals surface area contributed by atoms with Gasteiger partial charge >= 0.3 is 11.6 Å². The van der Waals surface area contributed by atoms with Gasteiger partial charge in [0.15, 0.2) is 0 Å². The number of carbonyl (C=O) groups is 1. The highest BCUT2D eigenvalue weighted by Gasteiger charge is 2.47. The monoisotopic (exact) mass is 536 g/mol. The number of amides is 1. The van der Waals surface area contributed by atoms with Crippen LogP contribution in [0.15, 0.2) is 36.4 Å². The summed E-state index contributed by atoms with van der Waals surface area (Å²) in [5.74, 6) is -1.81. The van der Waals surface area contributed by atoms with Crippen molar-refractivity contribution in [1.29, 1.82) is 4.78 Å². The first kappa shape index (κ1) is 23.7. The maximum Gasteiger partial charge on any atom is 0.492 e. The molecule has 36 heavy (non-hydrogen) atoms. The van der Waals surface area contributed by atoms with E-state index in [1.165, 1.54) is 18.2 Å². The summed E-state index contributed by atoms with van der Waals surface area (Å²) >= 11 is 0. The van der Waals surface area contributed by atoms with E-state index in [0.717, 1.165) is 23.1 Å². The number of halogens is 5. The second-order valence-corrected chi connectivity index (χ2v) is 11.3. The highest BCUT2D eigenvalue weighted by molar-refractivity contribution is 7.91. The van der Waals surface area contributed by atoms with Gasteiger partial charge in [-0.2, -0.15) is 13.2 Å². The number of alkyl halides is 3. The number of nitrogens with one attached hydrogen (secondary N) is 2. The average molecular weight is 537 g/mol. The van der Waals surface area contributed by atoms with E-state index in [2.05, 4.69) is 0 Å². The molecule has 0 aromatic heterocycles. The average Bonchev–Trinajstić information content (AvgIpc) is 3.13. The van der Waals surface area contributed by atoms with Crippen LogP contribution in [-0.2, 0) is 21.1 Å². The van der Waals surface area contributed by atoms with Gasteiger partial charge in [0.2, 0.25) is 9.92 Å². The fourth-order valence-electron chi connectivity index (χ4n) is 4.00. The maximum atomic E-state index is 15.7. The maximum absolute atomic E-state index is 15.7. The van der Waals surface area contributed by atoms with E-state index in [9.17, 15) is 26.6 Å². The third-order valence-corrected chi connectivity index (χ3v) is 6.82. The molecule has 1 fully saturated rings. The van der Waals surface area contributed by atoms with Crippen molar-refractivity contribution in [2.45, 2.75) is 63.7 Å². The number of likely N-dealkylation sites (tertiary alicyclic amines) is 1. The number of ether oxygens (including phenoxy) is 1. The van der Waals surface area contributed by atoms with E-state index in [4.69, 9.17) is 13.6 Å². The summed E-state index contributed by atoms with van der Waals surface area (Å²) in [7, 11) is -5.29. The number of carbonyl (C=O) groups excluding carboxylic acids is 1. The van der Waals surface area contributed by atoms with Crippen LogP contribution >= 0.6 is 0 Å². The predicted molar refractivity (Wildman–Crippen MR) is 125 cm³/mol. The van der Waals surface area contributed by atoms with Crippen LogP contribution in [0.3, 0.4) is 0 Å². The third-order valence-electron chi connectivity index (χ3n) is 5.53. The summed E-state index contributed by atoms with van der Waals surface area (Å²) in [5.41, 5.74) is -7.01. The Morgan fingerprint density at radius 1 is 1.25 bits per heavy atom. The molecule has 2 aromatic carbocycles. The minimum absolute atomic E-state index is 0.0724. The third kappa shape index (κ3) is 6.33. The fourth-order valence-corrected chi connectivity index (χ4v) is 4.84. The molecule has 1 amide bonds. The summed E-state index contributed by atoms with van der Waals surface area (Å²) in [6.07, 6.45) is -1.38. The molecule has 0 radical (unpaired) electrons. The quantitative estimate of drug-likeness (QED) is 0.465. The highest BCUT2D eigenvalue weighted by atomic mass is 32.2. The van der Waals surface area contributed by atoms with Crippen molar-refractivity contribution in [3.8, 4) is 11.1 Å². The van der Waals surface area contributed by atoms with Crippen LogP contribution in [0.2, 0.25) is 0 Å². The Hall–Kier alpha value is -2.73. The molecule has 1 saturated heterocycles. The van der Waals surface area contributed by atoms with Crippen LogP contribution in [-0.4, -0.2) is 44.9 Å². The van der Waals surface area contributed by atoms with Gasteiger partial charge in [-0.15, -0.1) is 0 Å². The Morgan fingerprint density at radius 2 is 1.94 bits per heavy atom. The summed E-state index contributed by atoms with van der Waals surface area (Å²) in [6, 6.07) is 4.37. The SMILES string of the molecule is [2H]C([2H])([2H])c1cc(F)cc(-c2cccc(C[C@H]3[C@@H](NS(=N)(=O)C(F)(F)F)CCN3C(=O)OC(C)(C)C)c2F)c1. The first-order chi connectivity index (χ1) is 17.7. The summed E-state index contributed by atoms with van der Waals surface area (Å²) < 4.78 is 119. The summed E-state index contributed by atoms with van der Waals surface area (Å²) in [4.78, 5) is 14.0. The lowest BCUT2D eigenvalue weighted by Crippen LogP contribution is -2.51. The van der Waals surface area contributed by atoms with E-state index in [-0.39, 0.29) is 41.6 Å². The Morgan fingerprint density at radius 3 is 2.56 bits per heavy atom. The van der Waals surface area contributed by atoms with Gasteiger partial charge in [-0.25, -0.2) is 27.3 Å². The van der Waals surface area contributed by atoms with Crippen LogP contribution < -0.4 is 4.72 Å². The number of nitrogens with zero attached hydrogens (tertiary/aromatic N) is 1. The van der Waals surface area contributed by atoms with Gasteiger partial charge in [0.05, 0.1) is 6.04 Å². The zero-order valence-electron chi connectivity index (χ0n) is 22.7. The molecular weight excluding hydrogens is 505 g/mol. The molecule has 1 unspecified atom stereocenters. The first-order valence-corrected chi connectivity index (χ1v) is 12.5. The van der Waals surface area contributed by atoms with Gasteiger partial charge in [0.1, 0.15) is 17.2 Å². The molecule has 12 heteroatoms. The van der Waals surface area contributed by atoms with Gasteiger partial charge in [-0.05, 0) is 69.3 Å². The van der Waals surface area contributed by atoms with Crippen molar-refractivity contribution in [2.24, 2.45) is 0 Å². The Bertz CT molecular complexity index is 1350. The lowest BCUT2D eigenvalue weighted by Gasteiger charge is -2.31. The second kappa shape index (κ2) is 9.97. The van der Waals surface area contributed by atoms with Crippen LogP contribution in [0.5, 0.6) is 0 Å². The van der Waals surface area contributed by atoms with E-state index >= 15 is 4.39 Å². The van der Waals surface area contributed by atoms with Crippen molar-refractivity contribution in [1.82, 2.24) is 9.62 Å². The standard InChI is InChI=1S/C24H28F5N3O3S/c1-14-10-16(12-17(25)11-14)18-7-5-6-15(21(18)26)13-20-19(31-36(30,34)24(27,28)29)8-9-32(20)22(33)35-23(2,3)4/h5-7,10-12,19-20H,8-9,13H2,1-4H3,(H2,30,31,34)/t19-,20-,36?/m0/s1/i1D3. The molecule has 0 saturated carbocycles. The van der Waals surface area contributed by atoms with Crippen LogP contribution in [0.4, 0.5) is 26.7 Å². The molecule has 198 valence electrons. The van der Waals surface area contributed by atoms with Crippen molar-refractivity contribution < 1.29 is 39.8 Å². The number of rotatable bonds is 5. The minimum Gasteiger partial charge on any atom is -0.444 e. The molecule has 2 N–H and O–H groups in total. The van der Waals surface area contributed by atoms with Crippen molar-refractivity contribution in [3.63, 3.8) is 0 Å². The van der Waals surface area contributed by atoms with Gasteiger partial charge in [-0.1, -0.05) is 24.3 Å². The smallest absolute Gasteiger partial charge is 0.444 e. The fraction of sp³-hybridized carbons (Fsp3) is 0.458. The normalized spacial score (nSPS) is 21.9. The van der Waals surface area contributed by atoms with Crippen LogP contribution in [0.1, 0.15) is 42.4 Å². The highest BCUT2D eigenvalue weighted by Crippen LogP contribution is 2.32. The molecular formula is C24H28F5N3O3S. The number of aryl methyl sites for hydroxylation is 1. The molecule has 3 atom stereocenters. The van der Waals surface area contributed by atoms with E-state index in [1.807, 2.05) is 0 Å². The lowest BCUT2D eigenvalue weighted by molar-refractivity contribution is -0.0421. The van der Waals surface area contributed by atoms with Gasteiger partial charge in [0, 0.05) is 22.3 Å². The molecule has 1 heterocycles. The zero-order valence-corrected chi connectivity index (χ0v) is 20.5. The lowest BCUT2D eigenvalue weighted by atomic mass is 9.95. The van der Waals surface area contributed by atoms with E-state index in [0.29, 0.717) is 0 Å². The molecule has 3 rings (SSSR count). The molecule has 0 aliphatic carbocycles.